The van der Waals surface area contributed by atoms with Crippen LogP contribution in [0.5, 0.6) is 0 Å². The summed E-state index contributed by atoms with van der Waals surface area (Å²) in [6.07, 6.45) is 5.64. The van der Waals surface area contributed by atoms with Crippen LogP contribution in [0.15, 0.2) is 4.90 Å². The second-order valence-corrected chi connectivity index (χ2v) is 8.87. The lowest BCUT2D eigenvalue weighted by Crippen LogP contribution is -2.45. The largest absolute Gasteiger partial charge is 0.311 e. The molecule has 1 aromatic rings. The molecule has 130 valence electrons. The number of aromatic amines is 1. The van der Waals surface area contributed by atoms with Crippen molar-refractivity contribution in [3.05, 3.63) is 11.4 Å². The molecule has 1 saturated carbocycles. The van der Waals surface area contributed by atoms with Gasteiger partial charge in [-0.25, -0.2) is 8.42 Å². The van der Waals surface area contributed by atoms with E-state index in [-0.39, 0.29) is 0 Å². The number of hydrogen-bond donors (Lipinski definition) is 2. The SMILES string of the molecule is CCC[C@H]1C[C@@H]1NC1CCN(S(=O)(=O)c2c(C)n[nH]c2C)CC1. The summed E-state index contributed by atoms with van der Waals surface area (Å²) in [6, 6.07) is 1.13. The van der Waals surface area contributed by atoms with Crippen LogP contribution >= 0.6 is 0 Å². The molecule has 1 aromatic heterocycles. The van der Waals surface area contributed by atoms with E-state index >= 15 is 0 Å². The number of piperidine rings is 1. The van der Waals surface area contributed by atoms with Gasteiger partial charge in [-0.15, -0.1) is 0 Å². The van der Waals surface area contributed by atoms with Crippen LogP contribution in [0.25, 0.3) is 0 Å². The lowest BCUT2D eigenvalue weighted by Gasteiger charge is -2.32. The molecule has 0 radical (unpaired) electrons. The molecule has 0 amide bonds. The summed E-state index contributed by atoms with van der Waals surface area (Å²) in [6.45, 7) is 6.93. The van der Waals surface area contributed by atoms with Crippen LogP contribution in [0, 0.1) is 19.8 Å². The van der Waals surface area contributed by atoms with E-state index < -0.39 is 10.0 Å². The first-order valence-electron chi connectivity index (χ1n) is 8.71. The summed E-state index contributed by atoms with van der Waals surface area (Å²) in [5.41, 5.74) is 1.19. The number of aromatic nitrogens is 2. The number of aryl methyl sites for hydroxylation is 2. The summed E-state index contributed by atoms with van der Waals surface area (Å²) >= 11 is 0. The first kappa shape index (κ1) is 16.9. The first-order valence-corrected chi connectivity index (χ1v) is 10.1. The molecule has 2 aliphatic rings. The molecule has 0 aromatic carbocycles. The lowest BCUT2D eigenvalue weighted by molar-refractivity contribution is 0.285. The van der Waals surface area contributed by atoms with Crippen molar-refractivity contribution < 1.29 is 8.42 Å². The fraction of sp³-hybridized carbons (Fsp3) is 0.812. The van der Waals surface area contributed by atoms with Gasteiger partial charge < -0.3 is 5.32 Å². The molecule has 2 atom stereocenters. The number of hydrogen-bond acceptors (Lipinski definition) is 4. The van der Waals surface area contributed by atoms with Gasteiger partial charge >= 0.3 is 0 Å². The first-order chi connectivity index (χ1) is 10.9. The minimum atomic E-state index is -3.42. The highest BCUT2D eigenvalue weighted by molar-refractivity contribution is 7.89. The quantitative estimate of drug-likeness (QED) is 0.830. The Kier molecular flexibility index (Phi) is 4.80. The molecule has 2 fully saturated rings. The van der Waals surface area contributed by atoms with Gasteiger partial charge in [0.1, 0.15) is 4.90 Å². The topological polar surface area (TPSA) is 78.1 Å². The van der Waals surface area contributed by atoms with E-state index in [0.29, 0.717) is 41.5 Å². The molecular formula is C16H28N4O2S. The van der Waals surface area contributed by atoms with Gasteiger partial charge in [0.25, 0.3) is 0 Å². The standard InChI is InChI=1S/C16H28N4O2S/c1-4-5-13-10-15(13)17-14-6-8-20(9-7-14)23(21,22)16-11(2)18-19-12(16)3/h13-15,17H,4-10H2,1-3H3,(H,18,19)/t13-,15-/m0/s1. The molecule has 1 aliphatic heterocycles. The second kappa shape index (κ2) is 6.53. The molecule has 6 nitrogen and oxygen atoms in total. The van der Waals surface area contributed by atoms with E-state index in [4.69, 9.17) is 0 Å². The Balaban J connectivity index is 1.57. The summed E-state index contributed by atoms with van der Waals surface area (Å²) in [5, 5.41) is 10.5. The Morgan fingerprint density at radius 3 is 2.57 bits per heavy atom. The summed E-state index contributed by atoms with van der Waals surface area (Å²) < 4.78 is 27.2. The zero-order chi connectivity index (χ0) is 16.6. The molecular weight excluding hydrogens is 312 g/mol. The second-order valence-electron chi connectivity index (χ2n) is 7.00. The van der Waals surface area contributed by atoms with Crippen molar-refractivity contribution in [2.24, 2.45) is 5.92 Å². The summed E-state index contributed by atoms with van der Waals surface area (Å²) in [5.74, 6) is 0.845. The zero-order valence-corrected chi connectivity index (χ0v) is 15.1. The Morgan fingerprint density at radius 2 is 2.00 bits per heavy atom. The fourth-order valence-electron chi connectivity index (χ4n) is 3.76. The molecule has 1 saturated heterocycles. The third kappa shape index (κ3) is 3.46. The number of H-pyrrole nitrogens is 1. The normalized spacial score (nSPS) is 26.6. The average Bonchev–Trinajstić information content (AvgIpc) is 3.13. The molecule has 1 aliphatic carbocycles. The van der Waals surface area contributed by atoms with Gasteiger partial charge in [0.05, 0.1) is 11.4 Å². The molecule has 2 N–H and O–H groups in total. The van der Waals surface area contributed by atoms with Crippen molar-refractivity contribution in [3.63, 3.8) is 0 Å². The Morgan fingerprint density at radius 1 is 1.30 bits per heavy atom. The molecule has 0 bridgehead atoms. The monoisotopic (exact) mass is 340 g/mol. The molecule has 3 rings (SSSR count). The predicted octanol–water partition coefficient (Wildman–Crippen LogP) is 1.96. The minimum absolute atomic E-state index is 0.356. The molecule has 0 spiro atoms. The van der Waals surface area contributed by atoms with Crippen molar-refractivity contribution in [1.82, 2.24) is 19.8 Å². The highest BCUT2D eigenvalue weighted by atomic mass is 32.2. The third-order valence-electron chi connectivity index (χ3n) is 5.14. The molecule has 0 unspecified atom stereocenters. The van der Waals surface area contributed by atoms with Crippen molar-refractivity contribution in [2.45, 2.75) is 69.9 Å². The maximum absolute atomic E-state index is 12.8. The molecule has 23 heavy (non-hydrogen) atoms. The Hall–Kier alpha value is -0.920. The average molecular weight is 340 g/mol. The van der Waals surface area contributed by atoms with E-state index in [1.165, 1.54) is 19.3 Å². The maximum Gasteiger partial charge on any atom is 0.246 e. The van der Waals surface area contributed by atoms with Gasteiger partial charge in [-0.2, -0.15) is 9.40 Å². The molecule has 7 heteroatoms. The summed E-state index contributed by atoms with van der Waals surface area (Å²) in [4.78, 5) is 0.356. The van der Waals surface area contributed by atoms with Gasteiger partial charge in [-0.1, -0.05) is 13.3 Å². The van der Waals surface area contributed by atoms with Crippen LogP contribution in [0.3, 0.4) is 0 Å². The van der Waals surface area contributed by atoms with Gasteiger partial charge in [0.15, 0.2) is 0 Å². The summed E-state index contributed by atoms with van der Waals surface area (Å²) in [7, 11) is -3.42. The van der Waals surface area contributed by atoms with Crippen LogP contribution in [0.4, 0.5) is 0 Å². The van der Waals surface area contributed by atoms with Crippen LogP contribution < -0.4 is 5.32 Å². The zero-order valence-electron chi connectivity index (χ0n) is 14.3. The Bertz CT molecular complexity index is 628. The number of nitrogens with one attached hydrogen (secondary N) is 2. The third-order valence-corrected chi connectivity index (χ3v) is 7.31. The van der Waals surface area contributed by atoms with Crippen molar-refractivity contribution in [2.75, 3.05) is 13.1 Å². The van der Waals surface area contributed by atoms with Crippen LogP contribution in [-0.2, 0) is 10.0 Å². The van der Waals surface area contributed by atoms with E-state index in [9.17, 15) is 8.42 Å². The highest BCUT2D eigenvalue weighted by Crippen LogP contribution is 2.35. The number of rotatable bonds is 6. The van der Waals surface area contributed by atoms with Gasteiger partial charge in [-0.05, 0) is 45.4 Å². The number of sulfonamides is 1. The molecule has 2 heterocycles. The van der Waals surface area contributed by atoms with E-state index in [2.05, 4.69) is 22.4 Å². The van der Waals surface area contributed by atoms with Crippen LogP contribution in [-0.4, -0.2) is 48.1 Å². The minimum Gasteiger partial charge on any atom is -0.311 e. The Labute approximate surface area is 139 Å². The van der Waals surface area contributed by atoms with Crippen molar-refractivity contribution >= 4 is 10.0 Å². The van der Waals surface area contributed by atoms with E-state index in [1.807, 2.05) is 0 Å². The van der Waals surface area contributed by atoms with Crippen molar-refractivity contribution in [3.8, 4) is 0 Å². The van der Waals surface area contributed by atoms with Crippen molar-refractivity contribution in [1.29, 1.82) is 0 Å². The van der Waals surface area contributed by atoms with Gasteiger partial charge in [0.2, 0.25) is 10.0 Å². The number of nitrogens with zero attached hydrogens (tertiary/aromatic N) is 2. The highest BCUT2D eigenvalue weighted by Gasteiger charge is 2.39. The smallest absolute Gasteiger partial charge is 0.246 e. The predicted molar refractivity (Wildman–Crippen MR) is 89.8 cm³/mol. The fourth-order valence-corrected chi connectivity index (χ4v) is 5.56. The van der Waals surface area contributed by atoms with Crippen LogP contribution in [0.2, 0.25) is 0 Å². The van der Waals surface area contributed by atoms with Crippen LogP contribution in [0.1, 0.15) is 50.4 Å². The van der Waals surface area contributed by atoms with Gasteiger partial charge in [-0.3, -0.25) is 5.10 Å². The van der Waals surface area contributed by atoms with Gasteiger partial charge in [0, 0.05) is 25.2 Å². The van der Waals surface area contributed by atoms with E-state index in [0.717, 1.165) is 18.8 Å². The maximum atomic E-state index is 12.8. The van der Waals surface area contributed by atoms with E-state index in [1.54, 1.807) is 18.2 Å². The lowest BCUT2D eigenvalue weighted by atomic mass is 10.1.